The van der Waals surface area contributed by atoms with E-state index >= 15 is 0 Å². The van der Waals surface area contributed by atoms with E-state index in [9.17, 15) is 0 Å². The van der Waals surface area contributed by atoms with Crippen LogP contribution >= 0.6 is 0 Å². The number of hydrogen-bond donors (Lipinski definition) is 0. The summed E-state index contributed by atoms with van der Waals surface area (Å²) < 4.78 is 2.40. The maximum atomic E-state index is 2.40. The normalized spacial score (nSPS) is 11.3. The lowest BCUT2D eigenvalue weighted by atomic mass is 10.0. The highest BCUT2D eigenvalue weighted by molar-refractivity contribution is 6.13. The van der Waals surface area contributed by atoms with Crippen molar-refractivity contribution in [1.82, 2.24) is 4.57 Å². The monoisotopic (exact) mass is 688 g/mol. The third-order valence-corrected chi connectivity index (χ3v) is 10.6. The van der Waals surface area contributed by atoms with Gasteiger partial charge in [-0.05, 0) is 99.3 Å². The molecule has 0 bridgehead atoms. The molecule has 2 nitrogen and oxygen atoms in total. The van der Waals surface area contributed by atoms with E-state index in [-0.39, 0.29) is 0 Å². The van der Waals surface area contributed by atoms with E-state index in [0.717, 1.165) is 22.7 Å². The lowest BCUT2D eigenvalue weighted by Crippen LogP contribution is -2.11. The second kappa shape index (κ2) is 13.4. The molecular weight excluding hydrogens is 653 g/mol. The molecule has 254 valence electrons. The average Bonchev–Trinajstić information content (AvgIpc) is 3.57. The molecule has 10 aromatic rings. The van der Waals surface area contributed by atoms with Crippen molar-refractivity contribution < 1.29 is 0 Å². The summed E-state index contributed by atoms with van der Waals surface area (Å²) in [5.74, 6) is 0. The highest BCUT2D eigenvalue weighted by Crippen LogP contribution is 2.42. The van der Waals surface area contributed by atoms with Crippen LogP contribution < -0.4 is 4.90 Å². The molecule has 10 rings (SSSR count). The van der Waals surface area contributed by atoms with Gasteiger partial charge in [-0.1, -0.05) is 158 Å². The Labute approximate surface area is 315 Å². The number of aromatic nitrogens is 1. The van der Waals surface area contributed by atoms with Crippen molar-refractivity contribution in [3.63, 3.8) is 0 Å². The van der Waals surface area contributed by atoms with Crippen LogP contribution in [0.5, 0.6) is 0 Å². The van der Waals surface area contributed by atoms with E-state index < -0.39 is 0 Å². The molecule has 1 heterocycles. The number of hydrogen-bond acceptors (Lipinski definition) is 1. The molecule has 0 fully saturated rings. The minimum absolute atomic E-state index is 1.10. The third kappa shape index (κ3) is 5.62. The molecular formula is C52H36N2. The second-order valence-corrected chi connectivity index (χ2v) is 13.8. The number of anilines is 3. The van der Waals surface area contributed by atoms with E-state index in [2.05, 4.69) is 228 Å². The quantitative estimate of drug-likeness (QED) is 0.162. The van der Waals surface area contributed by atoms with Crippen molar-refractivity contribution in [3.8, 4) is 39.1 Å². The van der Waals surface area contributed by atoms with Crippen molar-refractivity contribution in [2.45, 2.75) is 0 Å². The Morgan fingerprint density at radius 2 is 0.796 bits per heavy atom. The summed E-state index contributed by atoms with van der Waals surface area (Å²) in [5.41, 5.74) is 14.1. The van der Waals surface area contributed by atoms with Gasteiger partial charge in [0.15, 0.2) is 0 Å². The molecule has 54 heavy (non-hydrogen) atoms. The predicted molar refractivity (Wildman–Crippen MR) is 229 cm³/mol. The zero-order valence-electron chi connectivity index (χ0n) is 29.7. The van der Waals surface area contributed by atoms with Crippen LogP contribution in [0.1, 0.15) is 0 Å². The van der Waals surface area contributed by atoms with Gasteiger partial charge in [0.05, 0.1) is 16.7 Å². The Morgan fingerprint density at radius 1 is 0.315 bits per heavy atom. The summed E-state index contributed by atoms with van der Waals surface area (Å²) >= 11 is 0. The molecule has 0 aliphatic rings. The van der Waals surface area contributed by atoms with Crippen LogP contribution in [0.2, 0.25) is 0 Å². The topological polar surface area (TPSA) is 8.17 Å². The number of para-hydroxylation sites is 2. The Hall–Kier alpha value is -7.16. The lowest BCUT2D eigenvalue weighted by Gasteiger charge is -2.28. The highest BCUT2D eigenvalue weighted by Gasteiger charge is 2.18. The Kier molecular flexibility index (Phi) is 7.85. The maximum Gasteiger partial charge on any atom is 0.0547 e. The summed E-state index contributed by atoms with van der Waals surface area (Å²) in [6, 6.07) is 78.8. The van der Waals surface area contributed by atoms with Gasteiger partial charge in [0.2, 0.25) is 0 Å². The molecule has 0 spiro atoms. The number of benzene rings is 9. The Morgan fingerprint density at radius 3 is 1.44 bits per heavy atom. The first-order valence-corrected chi connectivity index (χ1v) is 18.5. The molecule has 0 aliphatic heterocycles. The zero-order chi connectivity index (χ0) is 35.8. The number of fused-ring (bicyclic) bond motifs is 4. The standard InChI is InChI=1S/C52H36N2/c1-3-13-37(14-4-1)38-23-29-44(30-24-38)53(50-21-11-9-19-47(50)41-15-5-2-6-16-41)45-31-25-39(26-32-45)40-27-33-46(34-28-40)54-51-22-12-10-20-48(51)49-35-42-17-7-8-18-43(42)36-52(49)54/h1-36H. The van der Waals surface area contributed by atoms with Gasteiger partial charge in [-0.25, -0.2) is 0 Å². The minimum Gasteiger partial charge on any atom is -0.310 e. The first-order valence-electron chi connectivity index (χ1n) is 18.5. The van der Waals surface area contributed by atoms with Crippen molar-refractivity contribution >= 4 is 49.6 Å². The van der Waals surface area contributed by atoms with Gasteiger partial charge in [-0.15, -0.1) is 0 Å². The molecule has 0 aliphatic carbocycles. The molecule has 9 aromatic carbocycles. The SMILES string of the molecule is c1ccc(-c2ccc(N(c3ccc(-c4ccc(-n5c6ccccc6c6cc7ccccc7cc65)cc4)cc3)c3ccccc3-c3ccccc3)cc2)cc1. The van der Waals surface area contributed by atoms with Gasteiger partial charge < -0.3 is 9.47 Å². The van der Waals surface area contributed by atoms with Crippen molar-refractivity contribution in [1.29, 1.82) is 0 Å². The van der Waals surface area contributed by atoms with Gasteiger partial charge in [0, 0.05) is 33.4 Å². The van der Waals surface area contributed by atoms with Crippen LogP contribution in [-0.2, 0) is 0 Å². The van der Waals surface area contributed by atoms with Crippen molar-refractivity contribution in [3.05, 3.63) is 218 Å². The van der Waals surface area contributed by atoms with Gasteiger partial charge >= 0.3 is 0 Å². The predicted octanol–water partition coefficient (Wildman–Crippen LogP) is 14.4. The van der Waals surface area contributed by atoms with Gasteiger partial charge in [0.1, 0.15) is 0 Å². The first-order chi connectivity index (χ1) is 26.8. The van der Waals surface area contributed by atoms with Gasteiger partial charge in [0.25, 0.3) is 0 Å². The zero-order valence-corrected chi connectivity index (χ0v) is 29.7. The molecule has 2 heteroatoms. The van der Waals surface area contributed by atoms with Crippen LogP contribution in [0.3, 0.4) is 0 Å². The van der Waals surface area contributed by atoms with E-state index in [1.165, 1.54) is 66.0 Å². The molecule has 0 saturated carbocycles. The first kappa shape index (κ1) is 31.6. The maximum absolute atomic E-state index is 2.40. The third-order valence-electron chi connectivity index (χ3n) is 10.6. The van der Waals surface area contributed by atoms with Gasteiger partial charge in [-0.2, -0.15) is 0 Å². The van der Waals surface area contributed by atoms with Crippen LogP contribution in [0.25, 0.3) is 71.6 Å². The molecule has 0 amide bonds. The number of nitrogens with zero attached hydrogens (tertiary/aromatic N) is 2. The van der Waals surface area contributed by atoms with E-state index in [0.29, 0.717) is 0 Å². The second-order valence-electron chi connectivity index (χ2n) is 13.8. The van der Waals surface area contributed by atoms with Crippen LogP contribution in [0.15, 0.2) is 218 Å². The molecule has 0 atom stereocenters. The summed E-state index contributed by atoms with van der Waals surface area (Å²) in [6.45, 7) is 0. The van der Waals surface area contributed by atoms with E-state index in [1.54, 1.807) is 0 Å². The minimum atomic E-state index is 1.10. The molecule has 1 aromatic heterocycles. The van der Waals surface area contributed by atoms with Crippen LogP contribution in [0.4, 0.5) is 17.1 Å². The largest absolute Gasteiger partial charge is 0.310 e. The Balaban J connectivity index is 1.03. The molecule has 0 N–H and O–H groups in total. The van der Waals surface area contributed by atoms with E-state index in [4.69, 9.17) is 0 Å². The molecule has 0 saturated heterocycles. The Bertz CT molecular complexity index is 2890. The number of rotatable bonds is 7. The summed E-state index contributed by atoms with van der Waals surface area (Å²) in [6.07, 6.45) is 0. The van der Waals surface area contributed by atoms with Gasteiger partial charge in [-0.3, -0.25) is 0 Å². The molecule has 0 unspecified atom stereocenters. The van der Waals surface area contributed by atoms with Crippen LogP contribution in [0, 0.1) is 0 Å². The average molecular weight is 689 g/mol. The fourth-order valence-corrected chi connectivity index (χ4v) is 7.93. The fourth-order valence-electron chi connectivity index (χ4n) is 7.93. The highest BCUT2D eigenvalue weighted by atomic mass is 15.1. The fraction of sp³-hybridized carbons (Fsp3) is 0. The summed E-state index contributed by atoms with van der Waals surface area (Å²) in [7, 11) is 0. The molecule has 0 radical (unpaired) electrons. The summed E-state index contributed by atoms with van der Waals surface area (Å²) in [4.78, 5) is 2.37. The summed E-state index contributed by atoms with van der Waals surface area (Å²) in [5, 5.41) is 5.06. The lowest BCUT2D eigenvalue weighted by molar-refractivity contribution is 1.18. The van der Waals surface area contributed by atoms with Crippen molar-refractivity contribution in [2.24, 2.45) is 0 Å². The van der Waals surface area contributed by atoms with Crippen LogP contribution in [-0.4, -0.2) is 4.57 Å². The van der Waals surface area contributed by atoms with E-state index in [1.807, 2.05) is 0 Å². The smallest absolute Gasteiger partial charge is 0.0547 e. The van der Waals surface area contributed by atoms with Crippen molar-refractivity contribution in [2.75, 3.05) is 4.90 Å².